The summed E-state index contributed by atoms with van der Waals surface area (Å²) in [5.74, 6) is 0.684. The van der Waals surface area contributed by atoms with E-state index in [0.717, 1.165) is 29.9 Å². The Balaban J connectivity index is 2.13. The van der Waals surface area contributed by atoms with Gasteiger partial charge in [0.15, 0.2) is 0 Å². The van der Waals surface area contributed by atoms with E-state index in [1.165, 1.54) is 25.3 Å². The summed E-state index contributed by atoms with van der Waals surface area (Å²) >= 11 is 5.10. The zero-order valence-electron chi connectivity index (χ0n) is 11.7. The molecule has 0 spiro atoms. The van der Waals surface area contributed by atoms with Crippen LogP contribution in [0.4, 0.5) is 5.82 Å². The lowest BCUT2D eigenvalue weighted by molar-refractivity contribution is -0.118. The third-order valence-electron chi connectivity index (χ3n) is 3.36. The van der Waals surface area contributed by atoms with Crippen LogP contribution in [0.15, 0.2) is 6.07 Å². The lowest BCUT2D eigenvalue weighted by atomic mass is 9.94. The van der Waals surface area contributed by atoms with Crippen molar-refractivity contribution in [3.05, 3.63) is 22.9 Å². The summed E-state index contributed by atoms with van der Waals surface area (Å²) in [7, 11) is 0. The van der Waals surface area contributed by atoms with Crippen molar-refractivity contribution in [1.29, 1.82) is 0 Å². The van der Waals surface area contributed by atoms with Gasteiger partial charge in [0.25, 0.3) is 0 Å². The molecule has 20 heavy (non-hydrogen) atoms. The molecule has 2 rings (SSSR count). The number of carbonyl (C=O) groups excluding carboxylic acids is 1. The number of hydrogen-bond donors (Lipinski definition) is 3. The molecular formula is C14H20N4OS. The van der Waals surface area contributed by atoms with Gasteiger partial charge in [-0.1, -0.05) is 12.2 Å². The number of hydrogen-bond acceptors (Lipinski definition) is 4. The van der Waals surface area contributed by atoms with Gasteiger partial charge in [0.1, 0.15) is 10.8 Å². The fraction of sp³-hybridized carbons (Fsp3) is 0.500. The molecular weight excluding hydrogens is 272 g/mol. The summed E-state index contributed by atoms with van der Waals surface area (Å²) in [6.45, 7) is 2.64. The predicted octanol–water partition coefficient (Wildman–Crippen LogP) is 1.14. The number of carbonyl (C=O) groups is 1. The Kier molecular flexibility index (Phi) is 4.89. The van der Waals surface area contributed by atoms with Gasteiger partial charge in [-0.05, 0) is 37.3 Å². The number of pyridine rings is 1. The number of anilines is 1. The van der Waals surface area contributed by atoms with Crippen molar-refractivity contribution in [1.82, 2.24) is 10.3 Å². The van der Waals surface area contributed by atoms with E-state index in [-0.39, 0.29) is 5.91 Å². The molecule has 0 radical (unpaired) electrons. The highest BCUT2D eigenvalue weighted by Crippen LogP contribution is 2.24. The second kappa shape index (κ2) is 6.65. The minimum Gasteiger partial charge on any atom is -0.389 e. The zero-order valence-corrected chi connectivity index (χ0v) is 12.5. The van der Waals surface area contributed by atoms with E-state index in [9.17, 15) is 4.79 Å². The van der Waals surface area contributed by atoms with Crippen molar-refractivity contribution in [2.45, 2.75) is 32.6 Å². The summed E-state index contributed by atoms with van der Waals surface area (Å²) in [6, 6.07) is 2.06. The molecule has 1 aliphatic rings. The molecule has 0 saturated heterocycles. The Morgan fingerprint density at radius 2 is 2.15 bits per heavy atom. The number of aryl methyl sites for hydroxylation is 2. The highest BCUT2D eigenvalue weighted by atomic mass is 32.1. The first-order valence-electron chi connectivity index (χ1n) is 6.89. The molecule has 1 aromatic rings. The summed E-state index contributed by atoms with van der Waals surface area (Å²) in [5, 5.41) is 5.94. The monoisotopic (exact) mass is 292 g/mol. The maximum Gasteiger partial charge on any atom is 0.216 e. The first-order valence-corrected chi connectivity index (χ1v) is 7.29. The van der Waals surface area contributed by atoms with E-state index in [0.29, 0.717) is 18.1 Å². The first-order chi connectivity index (χ1) is 9.58. The molecule has 0 atom stereocenters. The molecule has 5 nitrogen and oxygen atoms in total. The van der Waals surface area contributed by atoms with Crippen LogP contribution in [0.5, 0.6) is 0 Å². The molecule has 1 aliphatic carbocycles. The number of rotatable bonds is 5. The van der Waals surface area contributed by atoms with Crippen molar-refractivity contribution in [2.75, 3.05) is 18.4 Å². The Bertz CT molecular complexity index is 530. The van der Waals surface area contributed by atoms with Crippen LogP contribution in [0.3, 0.4) is 0 Å². The molecule has 6 heteroatoms. The van der Waals surface area contributed by atoms with Crippen molar-refractivity contribution >= 4 is 28.9 Å². The molecule has 0 aromatic carbocycles. The van der Waals surface area contributed by atoms with Crippen molar-refractivity contribution in [3.8, 4) is 0 Å². The van der Waals surface area contributed by atoms with Crippen LogP contribution in [0.2, 0.25) is 0 Å². The molecule has 108 valence electrons. The SMILES string of the molecule is CC(=O)NCCNc1nc2c(cc1C(N)=S)CCCC2. The van der Waals surface area contributed by atoms with E-state index in [2.05, 4.69) is 21.7 Å². The maximum absolute atomic E-state index is 10.8. The molecule has 0 unspecified atom stereocenters. The Hall–Kier alpha value is -1.69. The van der Waals surface area contributed by atoms with Crippen LogP contribution in [0, 0.1) is 0 Å². The van der Waals surface area contributed by atoms with Crippen LogP contribution >= 0.6 is 12.2 Å². The van der Waals surface area contributed by atoms with Gasteiger partial charge < -0.3 is 16.4 Å². The van der Waals surface area contributed by atoms with Gasteiger partial charge in [-0.2, -0.15) is 0 Å². The smallest absolute Gasteiger partial charge is 0.216 e. The van der Waals surface area contributed by atoms with Gasteiger partial charge >= 0.3 is 0 Å². The fourth-order valence-electron chi connectivity index (χ4n) is 2.38. The van der Waals surface area contributed by atoms with Crippen molar-refractivity contribution < 1.29 is 4.79 Å². The summed E-state index contributed by atoms with van der Waals surface area (Å²) in [4.78, 5) is 15.8. The third-order valence-corrected chi connectivity index (χ3v) is 3.58. The first kappa shape index (κ1) is 14.7. The lowest BCUT2D eigenvalue weighted by Crippen LogP contribution is -2.27. The fourth-order valence-corrected chi connectivity index (χ4v) is 2.53. The van der Waals surface area contributed by atoms with Crippen LogP contribution in [0.1, 0.15) is 36.6 Å². The average molecular weight is 292 g/mol. The van der Waals surface area contributed by atoms with Gasteiger partial charge in [0.05, 0.1) is 5.56 Å². The van der Waals surface area contributed by atoms with Crippen LogP contribution in [0.25, 0.3) is 0 Å². The average Bonchev–Trinajstić information content (AvgIpc) is 2.42. The van der Waals surface area contributed by atoms with E-state index < -0.39 is 0 Å². The van der Waals surface area contributed by atoms with Gasteiger partial charge in [-0.25, -0.2) is 4.98 Å². The molecule has 1 aromatic heterocycles. The van der Waals surface area contributed by atoms with Gasteiger partial charge in [-0.3, -0.25) is 4.79 Å². The Morgan fingerprint density at radius 1 is 1.40 bits per heavy atom. The van der Waals surface area contributed by atoms with E-state index >= 15 is 0 Å². The number of aromatic nitrogens is 1. The molecule has 1 heterocycles. The molecule has 0 aliphatic heterocycles. The van der Waals surface area contributed by atoms with Crippen LogP contribution in [-0.4, -0.2) is 29.0 Å². The van der Waals surface area contributed by atoms with Crippen molar-refractivity contribution in [3.63, 3.8) is 0 Å². The quantitative estimate of drug-likeness (QED) is 0.560. The van der Waals surface area contributed by atoms with Gasteiger partial charge in [-0.15, -0.1) is 0 Å². The number of thiocarbonyl (C=S) groups is 1. The highest BCUT2D eigenvalue weighted by molar-refractivity contribution is 7.80. The number of nitrogens with one attached hydrogen (secondary N) is 2. The predicted molar refractivity (Wildman–Crippen MR) is 83.9 cm³/mol. The summed E-state index contributed by atoms with van der Waals surface area (Å²) < 4.78 is 0. The highest BCUT2D eigenvalue weighted by Gasteiger charge is 2.16. The molecule has 0 saturated carbocycles. The Labute approximate surface area is 124 Å². The number of nitrogens with two attached hydrogens (primary N) is 1. The van der Waals surface area contributed by atoms with E-state index in [4.69, 9.17) is 18.0 Å². The Morgan fingerprint density at radius 3 is 2.85 bits per heavy atom. The number of fused-ring (bicyclic) bond motifs is 1. The summed E-state index contributed by atoms with van der Waals surface area (Å²) in [6.07, 6.45) is 4.43. The molecule has 0 bridgehead atoms. The third kappa shape index (κ3) is 3.66. The van der Waals surface area contributed by atoms with E-state index in [1.807, 2.05) is 0 Å². The molecule has 1 amide bonds. The minimum absolute atomic E-state index is 0.0419. The molecule has 4 N–H and O–H groups in total. The largest absolute Gasteiger partial charge is 0.389 e. The normalized spacial score (nSPS) is 13.4. The van der Waals surface area contributed by atoms with Crippen LogP contribution < -0.4 is 16.4 Å². The van der Waals surface area contributed by atoms with Gasteiger partial charge in [0.2, 0.25) is 5.91 Å². The number of amides is 1. The second-order valence-electron chi connectivity index (χ2n) is 4.97. The number of nitrogens with zero attached hydrogens (tertiary/aromatic N) is 1. The van der Waals surface area contributed by atoms with Crippen LogP contribution in [-0.2, 0) is 17.6 Å². The van der Waals surface area contributed by atoms with E-state index in [1.54, 1.807) is 0 Å². The van der Waals surface area contributed by atoms with Gasteiger partial charge in [0, 0.05) is 25.7 Å². The second-order valence-corrected chi connectivity index (χ2v) is 5.41. The zero-order chi connectivity index (χ0) is 14.5. The standard InChI is InChI=1S/C14H20N4OS/c1-9(19)16-6-7-17-14-11(13(15)20)8-10-4-2-3-5-12(10)18-14/h8H,2-7H2,1H3,(H2,15,20)(H,16,19)(H,17,18). The maximum atomic E-state index is 10.8. The minimum atomic E-state index is -0.0419. The topological polar surface area (TPSA) is 80.0 Å². The molecule has 0 fully saturated rings. The summed E-state index contributed by atoms with van der Waals surface area (Å²) in [5.41, 5.74) is 8.97. The van der Waals surface area contributed by atoms with Crippen molar-refractivity contribution in [2.24, 2.45) is 5.73 Å². The lowest BCUT2D eigenvalue weighted by Gasteiger charge is -2.19.